The number of nitrogens with one attached hydrogen (secondary N) is 2. The summed E-state index contributed by atoms with van der Waals surface area (Å²) < 4.78 is 28.3. The molecule has 0 spiro atoms. The first kappa shape index (κ1) is 22.8. The highest BCUT2D eigenvalue weighted by Gasteiger charge is 2.61. The van der Waals surface area contributed by atoms with Gasteiger partial charge in [0.1, 0.15) is 5.54 Å². The third kappa shape index (κ3) is 4.19. The highest BCUT2D eigenvalue weighted by atomic mass is 35.5. The molecule has 1 aromatic rings. The van der Waals surface area contributed by atoms with Gasteiger partial charge in [-0.2, -0.15) is 4.72 Å². The molecule has 31 heavy (non-hydrogen) atoms. The molecule has 0 saturated heterocycles. The van der Waals surface area contributed by atoms with Gasteiger partial charge in [-0.15, -0.1) is 0 Å². The Bertz CT molecular complexity index is 1020. The monoisotopic (exact) mass is 487 g/mol. The Labute approximate surface area is 192 Å². The van der Waals surface area contributed by atoms with E-state index in [9.17, 15) is 18.0 Å². The molecule has 7 nitrogen and oxygen atoms in total. The fourth-order valence-corrected chi connectivity index (χ4v) is 8.32. The van der Waals surface area contributed by atoms with Gasteiger partial charge in [0.25, 0.3) is 0 Å². The lowest BCUT2D eigenvalue weighted by atomic mass is 9.46. The molecular formula is C21H27Cl2N3O4S. The molecule has 4 N–H and O–H groups in total. The van der Waals surface area contributed by atoms with Crippen LogP contribution in [0.25, 0.3) is 0 Å². The van der Waals surface area contributed by atoms with Gasteiger partial charge in [-0.1, -0.05) is 23.2 Å². The van der Waals surface area contributed by atoms with Crippen molar-refractivity contribution in [1.29, 1.82) is 0 Å². The minimum absolute atomic E-state index is 0.117. The molecule has 0 aromatic heterocycles. The second-order valence-corrected chi connectivity index (χ2v) is 12.7. The Balaban J connectivity index is 1.54. The summed E-state index contributed by atoms with van der Waals surface area (Å²) in [5, 5.41) is 3.48. The number of sulfonamides is 1. The lowest BCUT2D eigenvalue weighted by Gasteiger charge is -2.61. The van der Waals surface area contributed by atoms with E-state index in [0.29, 0.717) is 18.3 Å². The van der Waals surface area contributed by atoms with Gasteiger partial charge in [-0.3, -0.25) is 9.59 Å². The molecule has 2 unspecified atom stereocenters. The molecule has 10 heteroatoms. The number of hydrogen-bond donors (Lipinski definition) is 3. The Morgan fingerprint density at radius 3 is 2.13 bits per heavy atom. The lowest BCUT2D eigenvalue weighted by Crippen LogP contribution is -2.68. The van der Waals surface area contributed by atoms with Crippen molar-refractivity contribution >= 4 is 45.0 Å². The topological polar surface area (TPSA) is 118 Å². The molecule has 0 aliphatic heterocycles. The second-order valence-electron chi connectivity index (χ2n) is 10.2. The van der Waals surface area contributed by atoms with E-state index in [0.717, 1.165) is 32.1 Å². The summed E-state index contributed by atoms with van der Waals surface area (Å²) in [6.45, 7) is 3.02. The number of halogens is 2. The third-order valence-electron chi connectivity index (χ3n) is 7.07. The van der Waals surface area contributed by atoms with Crippen LogP contribution >= 0.6 is 23.2 Å². The van der Waals surface area contributed by atoms with Gasteiger partial charge in [0.05, 0.1) is 10.3 Å². The summed E-state index contributed by atoms with van der Waals surface area (Å²) >= 11 is 11.9. The Morgan fingerprint density at radius 2 is 1.61 bits per heavy atom. The van der Waals surface area contributed by atoms with Crippen LogP contribution < -0.4 is 15.8 Å². The third-order valence-corrected chi connectivity index (χ3v) is 9.14. The van der Waals surface area contributed by atoms with Crippen LogP contribution in [0.2, 0.25) is 10.0 Å². The first-order valence-corrected chi connectivity index (χ1v) is 12.6. The largest absolute Gasteiger partial charge is 0.369 e. The summed E-state index contributed by atoms with van der Waals surface area (Å²) in [4.78, 5) is 25.4. The Kier molecular flexibility index (Phi) is 5.40. The number of amides is 2. The van der Waals surface area contributed by atoms with E-state index in [-0.39, 0.29) is 20.8 Å². The normalized spacial score (nSPS) is 32.1. The minimum Gasteiger partial charge on any atom is -0.369 e. The van der Waals surface area contributed by atoms with Crippen molar-refractivity contribution in [2.75, 3.05) is 0 Å². The van der Waals surface area contributed by atoms with Gasteiger partial charge in [0.15, 0.2) is 0 Å². The molecule has 4 fully saturated rings. The fourth-order valence-electron chi connectivity index (χ4n) is 6.22. The second kappa shape index (κ2) is 7.33. The number of hydrogen-bond acceptors (Lipinski definition) is 4. The SMILES string of the molecule is CC(C)(NS(=O)(=O)c1cc(Cl)cc(Cl)c1)C(=O)NC12CC3CC(C1)CC(C(N)=O)(C3)C2. The quantitative estimate of drug-likeness (QED) is 0.571. The number of benzene rings is 1. The molecule has 2 atom stereocenters. The van der Waals surface area contributed by atoms with E-state index in [1.54, 1.807) is 0 Å². The lowest BCUT2D eigenvalue weighted by molar-refractivity contribution is -0.151. The molecule has 1 aromatic carbocycles. The maximum atomic E-state index is 13.3. The Hall–Kier alpha value is -1.35. The maximum Gasteiger partial charge on any atom is 0.241 e. The minimum atomic E-state index is -4.05. The average molecular weight is 488 g/mol. The van der Waals surface area contributed by atoms with Crippen LogP contribution in [0.5, 0.6) is 0 Å². The zero-order valence-electron chi connectivity index (χ0n) is 17.5. The molecule has 4 bridgehead atoms. The number of carbonyl (C=O) groups excluding carboxylic acids is 2. The van der Waals surface area contributed by atoms with Crippen molar-refractivity contribution in [3.05, 3.63) is 28.2 Å². The van der Waals surface area contributed by atoms with Gasteiger partial charge in [-0.05, 0) is 82.4 Å². The molecule has 5 rings (SSSR count). The van der Waals surface area contributed by atoms with Gasteiger partial charge < -0.3 is 11.1 Å². The van der Waals surface area contributed by atoms with Crippen molar-refractivity contribution in [2.45, 2.75) is 68.3 Å². The summed E-state index contributed by atoms with van der Waals surface area (Å²) in [6.07, 6.45) is 4.71. The van der Waals surface area contributed by atoms with Crippen LogP contribution in [-0.2, 0) is 19.6 Å². The van der Waals surface area contributed by atoms with E-state index >= 15 is 0 Å². The molecular weight excluding hydrogens is 461 g/mol. The van der Waals surface area contributed by atoms with E-state index in [2.05, 4.69) is 10.0 Å². The van der Waals surface area contributed by atoms with E-state index < -0.39 is 32.4 Å². The summed E-state index contributed by atoms with van der Waals surface area (Å²) in [7, 11) is -4.05. The van der Waals surface area contributed by atoms with Crippen LogP contribution in [0, 0.1) is 17.3 Å². The van der Waals surface area contributed by atoms with Gasteiger partial charge in [-0.25, -0.2) is 8.42 Å². The molecule has 0 radical (unpaired) electrons. The van der Waals surface area contributed by atoms with Crippen molar-refractivity contribution in [1.82, 2.24) is 10.0 Å². The number of rotatable bonds is 6. The molecule has 4 aliphatic carbocycles. The predicted octanol–water partition coefficient (Wildman–Crippen LogP) is 2.99. The molecule has 0 heterocycles. The van der Waals surface area contributed by atoms with Gasteiger partial charge >= 0.3 is 0 Å². The summed E-state index contributed by atoms with van der Waals surface area (Å²) in [5.41, 5.74) is 3.24. The first-order valence-electron chi connectivity index (χ1n) is 10.4. The molecule has 2 amide bonds. The summed E-state index contributed by atoms with van der Waals surface area (Å²) in [6, 6.07) is 3.99. The van der Waals surface area contributed by atoms with Crippen LogP contribution in [0.15, 0.2) is 23.1 Å². The predicted molar refractivity (Wildman–Crippen MR) is 118 cm³/mol. The van der Waals surface area contributed by atoms with Crippen molar-refractivity contribution in [2.24, 2.45) is 23.0 Å². The zero-order chi connectivity index (χ0) is 22.8. The highest BCUT2D eigenvalue weighted by molar-refractivity contribution is 7.89. The molecule has 4 saturated carbocycles. The summed E-state index contributed by atoms with van der Waals surface area (Å²) in [5.74, 6) is -0.0336. The molecule has 4 aliphatic rings. The van der Waals surface area contributed by atoms with Crippen LogP contribution in [0.4, 0.5) is 0 Å². The fraction of sp³-hybridized carbons (Fsp3) is 0.619. The van der Waals surface area contributed by atoms with Crippen molar-refractivity contribution < 1.29 is 18.0 Å². The van der Waals surface area contributed by atoms with Crippen molar-refractivity contribution in [3.63, 3.8) is 0 Å². The maximum absolute atomic E-state index is 13.3. The first-order chi connectivity index (χ1) is 14.2. The van der Waals surface area contributed by atoms with Crippen LogP contribution in [0.1, 0.15) is 52.4 Å². The van der Waals surface area contributed by atoms with E-state index in [1.165, 1.54) is 32.0 Å². The van der Waals surface area contributed by atoms with Crippen molar-refractivity contribution in [3.8, 4) is 0 Å². The van der Waals surface area contributed by atoms with Crippen LogP contribution in [0.3, 0.4) is 0 Å². The van der Waals surface area contributed by atoms with E-state index in [1.807, 2.05) is 0 Å². The number of carbonyl (C=O) groups is 2. The van der Waals surface area contributed by atoms with Gasteiger partial charge in [0, 0.05) is 15.6 Å². The average Bonchev–Trinajstić information content (AvgIpc) is 2.58. The standard InChI is InChI=1S/C21H27Cl2N3O4S/c1-19(2,26-31(29,30)16-5-14(22)4-15(23)6-16)18(28)25-21-9-12-3-13(10-21)8-20(7-12,11-21)17(24)27/h4-6,12-13,26H,3,7-11H2,1-2H3,(H2,24,27)(H,25,28). The molecule has 170 valence electrons. The Morgan fingerprint density at radius 1 is 1.06 bits per heavy atom. The highest BCUT2D eigenvalue weighted by Crippen LogP contribution is 2.61. The van der Waals surface area contributed by atoms with Gasteiger partial charge in [0.2, 0.25) is 21.8 Å². The number of primary amides is 1. The number of nitrogens with two attached hydrogens (primary N) is 1. The zero-order valence-corrected chi connectivity index (χ0v) is 19.8. The van der Waals surface area contributed by atoms with Crippen LogP contribution in [-0.4, -0.2) is 31.3 Å². The van der Waals surface area contributed by atoms with E-state index in [4.69, 9.17) is 28.9 Å². The smallest absolute Gasteiger partial charge is 0.241 e.